The summed E-state index contributed by atoms with van der Waals surface area (Å²) in [6, 6.07) is 12.3. The van der Waals surface area contributed by atoms with E-state index in [0.29, 0.717) is 53.1 Å². The van der Waals surface area contributed by atoms with Crippen molar-refractivity contribution in [3.05, 3.63) is 62.3 Å². The molecule has 8 nitrogen and oxygen atoms in total. The maximum absolute atomic E-state index is 13.2. The van der Waals surface area contributed by atoms with Crippen molar-refractivity contribution in [3.8, 4) is 6.07 Å². The summed E-state index contributed by atoms with van der Waals surface area (Å²) >= 11 is 6.68. The predicted octanol–water partition coefficient (Wildman–Crippen LogP) is 3.22. The van der Waals surface area contributed by atoms with E-state index >= 15 is 0 Å². The third-order valence-corrected chi connectivity index (χ3v) is 7.91. The number of carbonyl (C=O) groups is 1. The average Bonchev–Trinajstić information content (AvgIpc) is 3.16. The normalized spacial score (nSPS) is 17.3. The summed E-state index contributed by atoms with van der Waals surface area (Å²) in [4.78, 5) is 32.9. The zero-order valence-electron chi connectivity index (χ0n) is 20.7. The number of anilines is 2. The van der Waals surface area contributed by atoms with Crippen molar-refractivity contribution in [1.82, 2.24) is 9.47 Å². The Hall–Kier alpha value is -3.13. The van der Waals surface area contributed by atoms with Crippen LogP contribution in [0.5, 0.6) is 0 Å². The van der Waals surface area contributed by atoms with E-state index < -0.39 is 0 Å². The molecule has 0 saturated carbocycles. The quantitative estimate of drug-likeness (QED) is 0.404. The van der Waals surface area contributed by atoms with E-state index in [-0.39, 0.29) is 17.0 Å². The van der Waals surface area contributed by atoms with Gasteiger partial charge in [-0.15, -0.1) is 0 Å². The van der Waals surface area contributed by atoms with Crippen LogP contribution in [0, 0.1) is 18.3 Å². The van der Waals surface area contributed by atoms with Gasteiger partial charge in [-0.2, -0.15) is 5.26 Å². The van der Waals surface area contributed by atoms with E-state index in [1.54, 1.807) is 24.7 Å². The van der Waals surface area contributed by atoms with Crippen LogP contribution in [0.2, 0.25) is 0 Å². The summed E-state index contributed by atoms with van der Waals surface area (Å²) < 4.78 is 7.25. The van der Waals surface area contributed by atoms with E-state index in [9.17, 15) is 14.9 Å². The summed E-state index contributed by atoms with van der Waals surface area (Å²) in [6.45, 7) is 7.84. The average molecular weight is 524 g/mol. The van der Waals surface area contributed by atoms with Gasteiger partial charge in [0.25, 0.3) is 11.5 Å². The number of thiocarbonyl (C=S) groups is 1. The molecule has 1 aromatic carbocycles. The van der Waals surface area contributed by atoms with Gasteiger partial charge in [0.15, 0.2) is 0 Å². The van der Waals surface area contributed by atoms with Gasteiger partial charge >= 0.3 is 0 Å². The van der Waals surface area contributed by atoms with Crippen molar-refractivity contribution >= 4 is 51.8 Å². The molecule has 0 aliphatic carbocycles. The van der Waals surface area contributed by atoms with Crippen molar-refractivity contribution in [3.63, 3.8) is 0 Å². The number of para-hydroxylation sites is 1. The van der Waals surface area contributed by atoms with E-state index in [1.165, 1.54) is 22.3 Å². The molecule has 1 amide bonds. The first-order valence-corrected chi connectivity index (χ1v) is 13.1. The van der Waals surface area contributed by atoms with Gasteiger partial charge in [0.05, 0.1) is 18.1 Å². The molecular formula is C26H29N5O3S2. The Morgan fingerprint density at radius 2 is 1.81 bits per heavy atom. The van der Waals surface area contributed by atoms with E-state index in [1.807, 2.05) is 25.1 Å². The summed E-state index contributed by atoms with van der Waals surface area (Å²) in [6.07, 6.45) is 1.80. The van der Waals surface area contributed by atoms with Gasteiger partial charge in [0.2, 0.25) is 0 Å². The maximum atomic E-state index is 13.2. The van der Waals surface area contributed by atoms with Crippen molar-refractivity contribution in [1.29, 1.82) is 5.26 Å². The fourth-order valence-electron chi connectivity index (χ4n) is 4.60. The number of methoxy groups -OCH3 is 1. The van der Waals surface area contributed by atoms with E-state index in [0.717, 1.165) is 18.9 Å². The number of aromatic nitrogens is 1. The molecule has 36 heavy (non-hydrogen) atoms. The molecule has 2 fully saturated rings. The molecule has 2 aromatic rings. The number of piperazine rings is 1. The first kappa shape index (κ1) is 25.9. The van der Waals surface area contributed by atoms with Gasteiger partial charge in [-0.1, -0.05) is 42.2 Å². The summed E-state index contributed by atoms with van der Waals surface area (Å²) in [5.41, 5.74) is 2.26. The number of rotatable bonds is 7. The minimum atomic E-state index is -0.303. The lowest BCUT2D eigenvalue weighted by molar-refractivity contribution is -0.122. The molecule has 0 atom stereocenters. The van der Waals surface area contributed by atoms with Crippen LogP contribution >= 0.6 is 24.0 Å². The lowest BCUT2D eigenvalue weighted by Gasteiger charge is -2.39. The topological polar surface area (TPSA) is 81.8 Å². The fourth-order valence-corrected chi connectivity index (χ4v) is 5.89. The molecule has 0 unspecified atom stereocenters. The van der Waals surface area contributed by atoms with Crippen LogP contribution in [0.15, 0.2) is 40.0 Å². The van der Waals surface area contributed by atoms with Gasteiger partial charge in [-0.05, 0) is 37.6 Å². The van der Waals surface area contributed by atoms with Gasteiger partial charge in [-0.3, -0.25) is 19.1 Å². The van der Waals surface area contributed by atoms with Gasteiger partial charge in [0.1, 0.15) is 21.8 Å². The van der Waals surface area contributed by atoms with E-state index in [2.05, 4.69) is 28.0 Å². The van der Waals surface area contributed by atoms with Crippen LogP contribution in [0.4, 0.5) is 11.5 Å². The number of hydrogen-bond donors (Lipinski definition) is 0. The molecule has 0 radical (unpaired) electrons. The SMILES string of the molecule is CCn1c(N2CCN(c3ccccc3)CC2)c(/C=C2\SC(=S)N(CCOC)C2=O)c(C)c(C#N)c1=O. The standard InChI is InChI=1S/C26H29N5O3S2/c1-4-30-23(29-12-10-28(11-13-29)19-8-6-5-7-9-19)20(18(2)21(17-27)24(30)32)16-22-25(33)31(14-15-34-3)26(35)36-22/h5-9,16H,4,10-15H2,1-3H3/b22-16-. The number of thioether (sulfide) groups is 1. The van der Waals surface area contributed by atoms with Crippen LogP contribution in [0.25, 0.3) is 6.08 Å². The van der Waals surface area contributed by atoms with Gasteiger partial charge < -0.3 is 14.5 Å². The molecule has 0 bridgehead atoms. The first-order chi connectivity index (χ1) is 17.4. The Kier molecular flexibility index (Phi) is 8.14. The van der Waals surface area contributed by atoms with E-state index in [4.69, 9.17) is 17.0 Å². The number of hydrogen-bond acceptors (Lipinski definition) is 8. The molecule has 2 aliphatic heterocycles. The Balaban J connectivity index is 1.75. The highest BCUT2D eigenvalue weighted by Gasteiger charge is 2.33. The zero-order valence-corrected chi connectivity index (χ0v) is 22.3. The second-order valence-corrected chi connectivity index (χ2v) is 10.2. The molecule has 1 aromatic heterocycles. The third kappa shape index (κ3) is 4.91. The molecule has 0 N–H and O–H groups in total. The van der Waals surface area contributed by atoms with Crippen LogP contribution < -0.4 is 15.4 Å². The molecule has 10 heteroatoms. The number of ether oxygens (including phenoxy) is 1. The number of carbonyl (C=O) groups excluding carboxylic acids is 1. The molecule has 2 saturated heterocycles. The highest BCUT2D eigenvalue weighted by atomic mass is 32.2. The monoisotopic (exact) mass is 523 g/mol. The molecule has 188 valence electrons. The third-order valence-electron chi connectivity index (χ3n) is 6.53. The number of benzene rings is 1. The number of nitriles is 1. The second-order valence-electron chi connectivity index (χ2n) is 8.53. The van der Waals surface area contributed by atoms with Crippen molar-refractivity contribution in [2.24, 2.45) is 0 Å². The first-order valence-electron chi connectivity index (χ1n) is 11.9. The molecular weight excluding hydrogens is 494 g/mol. The summed E-state index contributed by atoms with van der Waals surface area (Å²) in [7, 11) is 1.58. The Morgan fingerprint density at radius 1 is 1.14 bits per heavy atom. The van der Waals surface area contributed by atoms with Crippen molar-refractivity contribution in [2.45, 2.75) is 20.4 Å². The second kappa shape index (κ2) is 11.3. The maximum Gasteiger partial charge on any atom is 0.270 e. The van der Waals surface area contributed by atoms with Gasteiger partial charge in [0, 0.05) is 51.1 Å². The Morgan fingerprint density at radius 3 is 2.42 bits per heavy atom. The molecule has 2 aliphatic rings. The highest BCUT2D eigenvalue weighted by Crippen LogP contribution is 2.36. The Labute approximate surface area is 220 Å². The van der Waals surface area contributed by atoms with Crippen molar-refractivity contribution < 1.29 is 9.53 Å². The molecule has 4 rings (SSSR count). The minimum Gasteiger partial charge on any atom is -0.383 e. The number of amides is 1. The number of pyridine rings is 1. The highest BCUT2D eigenvalue weighted by molar-refractivity contribution is 8.26. The van der Waals surface area contributed by atoms with Crippen molar-refractivity contribution in [2.75, 3.05) is 56.2 Å². The van der Waals surface area contributed by atoms with Crippen LogP contribution in [0.1, 0.15) is 23.6 Å². The van der Waals surface area contributed by atoms with Gasteiger partial charge in [-0.25, -0.2) is 0 Å². The van der Waals surface area contributed by atoms with Crippen LogP contribution in [0.3, 0.4) is 0 Å². The predicted molar refractivity (Wildman–Crippen MR) is 148 cm³/mol. The lowest BCUT2D eigenvalue weighted by atomic mass is 10.0. The number of nitrogens with zero attached hydrogens (tertiary/aromatic N) is 5. The van der Waals surface area contributed by atoms with Crippen LogP contribution in [-0.4, -0.2) is 66.1 Å². The minimum absolute atomic E-state index is 0.102. The lowest BCUT2D eigenvalue weighted by Crippen LogP contribution is -2.48. The zero-order chi connectivity index (χ0) is 25.8. The molecule has 0 spiro atoms. The fraction of sp³-hybridized carbons (Fsp3) is 0.385. The molecule has 3 heterocycles. The van der Waals surface area contributed by atoms with Crippen LogP contribution in [-0.2, 0) is 16.1 Å². The summed E-state index contributed by atoms with van der Waals surface area (Å²) in [5, 5.41) is 9.78. The smallest absolute Gasteiger partial charge is 0.270 e. The largest absolute Gasteiger partial charge is 0.383 e. The summed E-state index contributed by atoms with van der Waals surface area (Å²) in [5.74, 6) is 0.558. The Bertz CT molecular complexity index is 1290.